The zero-order chi connectivity index (χ0) is 11.0. The van der Waals surface area contributed by atoms with E-state index < -0.39 is 19.7 Å². The molecular weight excluding hydrogens is 295 g/mol. The van der Waals surface area contributed by atoms with E-state index in [1.54, 1.807) is 0 Å². The van der Waals surface area contributed by atoms with E-state index >= 15 is 0 Å². The summed E-state index contributed by atoms with van der Waals surface area (Å²) in [6, 6.07) is 0. The molecule has 0 saturated heterocycles. The van der Waals surface area contributed by atoms with E-state index in [9.17, 15) is 12.7 Å². The van der Waals surface area contributed by atoms with Crippen LogP contribution in [0.3, 0.4) is 0 Å². The maximum absolute atomic E-state index is 11.3. The molecule has 0 aliphatic rings. The van der Waals surface area contributed by atoms with E-state index in [1.807, 2.05) is 0 Å². The quantitative estimate of drug-likeness (QED) is 0.529. The predicted octanol–water partition coefficient (Wildman–Crippen LogP) is 0.535. The van der Waals surface area contributed by atoms with E-state index in [-0.39, 0.29) is 24.8 Å². The molecule has 0 rings (SSSR count). The number of methoxy groups -OCH3 is 2. The Labute approximate surface area is 89.9 Å². The van der Waals surface area contributed by atoms with Gasteiger partial charge in [0.05, 0.1) is 0 Å². The minimum absolute atomic E-state index is 0.190. The molecule has 0 fully saturated rings. The second-order valence-electron chi connectivity index (χ2n) is 2.69. The Balaban J connectivity index is 3.56. The molecule has 0 heterocycles. The Morgan fingerprint density at radius 1 is 1.00 bits per heavy atom. The van der Waals surface area contributed by atoms with Gasteiger partial charge in [0, 0.05) is 0 Å². The van der Waals surface area contributed by atoms with Crippen molar-refractivity contribution in [2.45, 2.75) is 21.7 Å². The Kier molecular flexibility index (Phi) is 7.64. The van der Waals surface area contributed by atoms with Gasteiger partial charge in [0.25, 0.3) is 0 Å². The molecule has 0 amide bonds. The van der Waals surface area contributed by atoms with E-state index in [2.05, 4.69) is 9.47 Å². The molecule has 0 N–H and O–H groups in total. The van der Waals surface area contributed by atoms with Crippen molar-refractivity contribution >= 4 is 31.7 Å². The fourth-order valence-corrected chi connectivity index (χ4v) is 4.28. The number of carbonyl (C=O) groups is 2. The summed E-state index contributed by atoms with van der Waals surface area (Å²) in [6.45, 7) is 0. The van der Waals surface area contributed by atoms with Gasteiger partial charge in [-0.15, -0.1) is 0 Å². The van der Waals surface area contributed by atoms with Crippen LogP contribution in [0.1, 0.15) is 12.8 Å². The van der Waals surface area contributed by atoms with Gasteiger partial charge in [-0.25, -0.2) is 0 Å². The number of ether oxygens (including phenoxy) is 2. The van der Waals surface area contributed by atoms with Crippen LogP contribution >= 0.6 is 0 Å². The molecule has 5 nitrogen and oxygen atoms in total. The predicted molar refractivity (Wildman–Crippen MR) is 49.3 cm³/mol. The Morgan fingerprint density at radius 2 is 1.36 bits per heavy atom. The van der Waals surface area contributed by atoms with Crippen molar-refractivity contribution in [3.63, 3.8) is 0 Å². The fraction of sp³-hybridized carbons (Fsp3) is 0.750. The van der Waals surface area contributed by atoms with Gasteiger partial charge in [-0.05, 0) is 0 Å². The number of esters is 2. The van der Waals surface area contributed by atoms with Crippen molar-refractivity contribution in [3.8, 4) is 0 Å². The topological polar surface area (TPSA) is 69.7 Å². The van der Waals surface area contributed by atoms with Crippen LogP contribution in [-0.2, 0) is 22.1 Å². The average Bonchev–Trinajstić information content (AvgIpc) is 2.22. The minimum atomic E-state index is -2.73. The summed E-state index contributed by atoms with van der Waals surface area (Å²) >= 11 is -2.73. The number of hydrogen-bond donors (Lipinski definition) is 0. The monoisotopic (exact) mass is 310 g/mol. The molecular formula is C8H14O5Sn. The third-order valence-corrected chi connectivity index (χ3v) is 6.28. The van der Waals surface area contributed by atoms with Crippen molar-refractivity contribution in [1.82, 2.24) is 0 Å². The third-order valence-electron chi connectivity index (χ3n) is 1.67. The molecule has 0 bridgehead atoms. The van der Waals surface area contributed by atoms with Crippen molar-refractivity contribution < 1.29 is 22.1 Å². The van der Waals surface area contributed by atoms with Crippen LogP contribution in [0, 0.1) is 0 Å². The van der Waals surface area contributed by atoms with Gasteiger partial charge in [0.1, 0.15) is 0 Å². The summed E-state index contributed by atoms with van der Waals surface area (Å²) in [5, 5.41) is 0. The van der Waals surface area contributed by atoms with Crippen LogP contribution in [0.2, 0.25) is 8.87 Å². The number of rotatable bonds is 6. The fourth-order valence-electron chi connectivity index (χ4n) is 0.812. The van der Waals surface area contributed by atoms with Gasteiger partial charge in [-0.3, -0.25) is 0 Å². The van der Waals surface area contributed by atoms with Gasteiger partial charge in [-0.2, -0.15) is 0 Å². The molecule has 14 heavy (non-hydrogen) atoms. The second-order valence-corrected chi connectivity index (χ2v) is 8.62. The Morgan fingerprint density at radius 3 is 1.64 bits per heavy atom. The second kappa shape index (κ2) is 7.90. The maximum atomic E-state index is 11.3. The molecule has 0 radical (unpaired) electrons. The molecule has 0 aromatic heterocycles. The molecule has 0 aromatic rings. The van der Waals surface area contributed by atoms with Crippen LogP contribution in [-0.4, -0.2) is 45.9 Å². The summed E-state index contributed by atoms with van der Waals surface area (Å²) in [6.07, 6.45) is 0.381. The van der Waals surface area contributed by atoms with Crippen LogP contribution in [0.5, 0.6) is 0 Å². The first-order valence-corrected chi connectivity index (χ1v) is 9.45. The first kappa shape index (κ1) is 13.5. The van der Waals surface area contributed by atoms with Crippen LogP contribution in [0.25, 0.3) is 0 Å². The first-order chi connectivity index (χ1) is 6.60. The van der Waals surface area contributed by atoms with Gasteiger partial charge < -0.3 is 0 Å². The molecule has 0 spiro atoms. The zero-order valence-electron chi connectivity index (χ0n) is 8.37. The third kappa shape index (κ3) is 6.99. The number of hydrogen-bond acceptors (Lipinski definition) is 5. The van der Waals surface area contributed by atoms with E-state index in [1.165, 1.54) is 14.2 Å². The van der Waals surface area contributed by atoms with E-state index in [4.69, 9.17) is 0 Å². The Hall–Kier alpha value is -0.461. The van der Waals surface area contributed by atoms with Crippen LogP contribution < -0.4 is 0 Å². The van der Waals surface area contributed by atoms with Crippen molar-refractivity contribution in [1.29, 1.82) is 0 Å². The summed E-state index contributed by atoms with van der Waals surface area (Å²) in [5.74, 6) is -0.700. The molecule has 0 saturated carbocycles. The Bertz CT molecular complexity index is 204. The van der Waals surface area contributed by atoms with Gasteiger partial charge in [0.2, 0.25) is 0 Å². The van der Waals surface area contributed by atoms with Crippen LogP contribution in [0.15, 0.2) is 0 Å². The standard InChI is InChI=1S/2C4H7O2.O.Sn/c2*1-3-4(5)6-2;;/h2*1,3H2,2H3;;. The molecule has 0 unspecified atom stereocenters. The molecule has 0 aliphatic carbocycles. The summed E-state index contributed by atoms with van der Waals surface area (Å²) in [5.41, 5.74) is 0. The van der Waals surface area contributed by atoms with Crippen molar-refractivity contribution in [2.75, 3.05) is 14.2 Å². The number of carbonyl (C=O) groups excluding carboxylic acids is 2. The van der Waals surface area contributed by atoms with Crippen molar-refractivity contribution in [3.05, 3.63) is 0 Å². The zero-order valence-corrected chi connectivity index (χ0v) is 11.2. The average molecular weight is 309 g/mol. The van der Waals surface area contributed by atoms with Gasteiger partial charge in [-0.1, -0.05) is 0 Å². The normalized spacial score (nSPS) is 9.29. The van der Waals surface area contributed by atoms with E-state index in [0.29, 0.717) is 8.87 Å². The summed E-state index contributed by atoms with van der Waals surface area (Å²) < 4.78 is 21.0. The first-order valence-electron chi connectivity index (χ1n) is 4.25. The summed E-state index contributed by atoms with van der Waals surface area (Å²) in [7, 11) is 2.59. The SMILES string of the molecule is COC(=O)C[CH2][Sn](=[O])[CH2]CC(=O)OC. The summed E-state index contributed by atoms with van der Waals surface area (Å²) in [4.78, 5) is 21.4. The van der Waals surface area contributed by atoms with Gasteiger partial charge in [0.15, 0.2) is 0 Å². The molecule has 80 valence electrons. The van der Waals surface area contributed by atoms with Gasteiger partial charge >= 0.3 is 89.8 Å². The molecule has 6 heteroatoms. The molecule has 0 atom stereocenters. The molecule has 0 aliphatic heterocycles. The van der Waals surface area contributed by atoms with Crippen molar-refractivity contribution in [2.24, 2.45) is 0 Å². The molecule has 0 aromatic carbocycles. The van der Waals surface area contributed by atoms with Crippen LogP contribution in [0.4, 0.5) is 0 Å². The van der Waals surface area contributed by atoms with E-state index in [0.717, 1.165) is 0 Å².